The van der Waals surface area contributed by atoms with Crippen LogP contribution in [0.15, 0.2) is 18.2 Å². The Bertz CT molecular complexity index is 556. The second kappa shape index (κ2) is 4.73. The largest absolute Gasteiger partial charge is 0.235 e. The molecule has 0 saturated heterocycles. The van der Waals surface area contributed by atoms with E-state index >= 15 is 0 Å². The molecule has 0 fully saturated rings. The maximum Gasteiger partial charge on any atom is 0.126 e. The van der Waals surface area contributed by atoms with E-state index in [9.17, 15) is 0 Å². The first-order valence-corrected chi connectivity index (χ1v) is 9.60. The molecule has 0 aliphatic rings. The van der Waals surface area contributed by atoms with Gasteiger partial charge < -0.3 is 0 Å². The van der Waals surface area contributed by atoms with Crippen molar-refractivity contribution < 1.29 is 0 Å². The zero-order valence-electron chi connectivity index (χ0n) is 9.24. The zero-order valence-corrected chi connectivity index (χ0v) is 12.5. The van der Waals surface area contributed by atoms with E-state index in [4.69, 9.17) is 23.4 Å². The molecule has 0 N–H and O–H groups in total. The Kier molecular flexibility index (Phi) is 3.70. The van der Waals surface area contributed by atoms with Crippen LogP contribution in [0, 0.1) is 0 Å². The number of hydrogen-bond donors (Lipinski definition) is 0. The maximum atomic E-state index is 5.96. The normalized spacial score (nSPS) is 12.2. The Hall–Kier alpha value is 0.0500. The van der Waals surface area contributed by atoms with E-state index < -0.39 is 6.04 Å². The molecule has 2 rings (SSSR count). The highest BCUT2D eigenvalue weighted by Crippen LogP contribution is 2.45. The maximum absolute atomic E-state index is 5.96. The van der Waals surface area contributed by atoms with Crippen molar-refractivity contribution in [3.8, 4) is 0 Å². The molecule has 0 atom stereocenters. The minimum absolute atomic E-state index is 0.741. The lowest BCUT2D eigenvalue weighted by Crippen LogP contribution is -2.06. The number of hydrogen-bond acceptors (Lipinski definition) is 3. The average Bonchev–Trinajstić information content (AvgIpc) is 2.71. The number of thiazole rings is 1. The fraction of sp³-hybridized carbons (Fsp3) is 0.364. The van der Waals surface area contributed by atoms with Crippen molar-refractivity contribution in [2.45, 2.75) is 13.8 Å². The SMILES string of the molecule is CCP(=S)(CC)c1nc2cc(Cl)ccc2s1. The Morgan fingerprint density at radius 1 is 1.38 bits per heavy atom. The summed E-state index contributed by atoms with van der Waals surface area (Å²) in [5.41, 5.74) is 0.989. The third-order valence-corrected chi connectivity index (χ3v) is 10.4. The number of benzene rings is 1. The molecule has 1 heterocycles. The van der Waals surface area contributed by atoms with Crippen molar-refractivity contribution in [2.24, 2.45) is 0 Å². The molecular weight excluding hydrogens is 277 g/mol. The van der Waals surface area contributed by atoms with Crippen LogP contribution in [0.2, 0.25) is 5.02 Å². The van der Waals surface area contributed by atoms with Gasteiger partial charge in [0.2, 0.25) is 0 Å². The third kappa shape index (κ3) is 2.19. The van der Waals surface area contributed by atoms with Gasteiger partial charge in [-0.2, -0.15) is 0 Å². The molecule has 5 heteroatoms. The highest BCUT2D eigenvalue weighted by Gasteiger charge is 2.19. The van der Waals surface area contributed by atoms with Crippen LogP contribution in [0.3, 0.4) is 0 Å². The minimum atomic E-state index is -1.42. The molecule has 0 amide bonds. The molecule has 0 radical (unpaired) electrons. The number of nitrogens with zero attached hydrogens (tertiary/aromatic N) is 1. The fourth-order valence-corrected chi connectivity index (χ4v) is 5.88. The second-order valence-corrected chi connectivity index (χ2v) is 11.0. The van der Waals surface area contributed by atoms with Gasteiger partial charge in [-0.25, -0.2) is 4.98 Å². The number of fused-ring (bicyclic) bond motifs is 1. The van der Waals surface area contributed by atoms with Gasteiger partial charge >= 0.3 is 0 Å². The third-order valence-electron chi connectivity index (χ3n) is 2.71. The lowest BCUT2D eigenvalue weighted by molar-refractivity contribution is 1.41. The zero-order chi connectivity index (χ0) is 11.8. The summed E-state index contributed by atoms with van der Waals surface area (Å²) in [5.74, 6) is 0. The molecule has 0 saturated carbocycles. The van der Waals surface area contributed by atoms with Crippen LogP contribution in [0.25, 0.3) is 10.2 Å². The topological polar surface area (TPSA) is 12.9 Å². The molecule has 0 aliphatic heterocycles. The monoisotopic (exact) mass is 289 g/mol. The van der Waals surface area contributed by atoms with Gasteiger partial charge in [0.1, 0.15) is 4.75 Å². The first-order chi connectivity index (χ1) is 7.59. The van der Waals surface area contributed by atoms with Gasteiger partial charge in [-0.3, -0.25) is 0 Å². The van der Waals surface area contributed by atoms with Crippen LogP contribution in [0.4, 0.5) is 0 Å². The molecule has 0 aliphatic carbocycles. The summed E-state index contributed by atoms with van der Waals surface area (Å²) < 4.78 is 2.35. The Balaban J connectivity index is 2.59. The van der Waals surface area contributed by atoms with Crippen molar-refractivity contribution in [3.63, 3.8) is 0 Å². The van der Waals surface area contributed by atoms with Crippen LogP contribution in [0.1, 0.15) is 13.8 Å². The summed E-state index contributed by atoms with van der Waals surface area (Å²) in [5, 5.41) is 0.741. The predicted molar refractivity (Wildman–Crippen MR) is 79.6 cm³/mol. The van der Waals surface area contributed by atoms with Crippen LogP contribution >= 0.6 is 29.0 Å². The van der Waals surface area contributed by atoms with E-state index in [2.05, 4.69) is 18.8 Å². The van der Waals surface area contributed by atoms with E-state index in [1.54, 1.807) is 11.3 Å². The van der Waals surface area contributed by atoms with Crippen LogP contribution in [-0.4, -0.2) is 17.3 Å². The first kappa shape index (κ1) is 12.5. The van der Waals surface area contributed by atoms with Crippen LogP contribution in [0.5, 0.6) is 0 Å². The van der Waals surface area contributed by atoms with Gasteiger partial charge in [-0.1, -0.05) is 37.3 Å². The second-order valence-electron chi connectivity index (χ2n) is 3.63. The van der Waals surface area contributed by atoms with Gasteiger partial charge in [0.15, 0.2) is 0 Å². The summed E-state index contributed by atoms with van der Waals surface area (Å²) in [6.45, 7) is 4.34. The fourth-order valence-electron chi connectivity index (χ4n) is 1.56. The first-order valence-electron chi connectivity index (χ1n) is 5.24. The van der Waals surface area contributed by atoms with E-state index in [1.165, 1.54) is 4.70 Å². The van der Waals surface area contributed by atoms with E-state index in [-0.39, 0.29) is 0 Å². The van der Waals surface area contributed by atoms with E-state index in [0.29, 0.717) is 0 Å². The van der Waals surface area contributed by atoms with Gasteiger partial charge in [0, 0.05) is 11.1 Å². The lowest BCUT2D eigenvalue weighted by atomic mass is 10.3. The molecule has 0 unspecified atom stereocenters. The predicted octanol–water partition coefficient (Wildman–Crippen LogP) is 4.09. The van der Waals surface area contributed by atoms with Gasteiger partial charge in [0.05, 0.1) is 10.2 Å². The van der Waals surface area contributed by atoms with Crippen molar-refractivity contribution >= 4 is 55.7 Å². The smallest absolute Gasteiger partial charge is 0.126 e. The standard InChI is InChI=1S/C11H13ClNPS2/c1-3-14(15,4-2)11-13-9-7-8(12)5-6-10(9)16-11/h5-7H,3-4H2,1-2H3. The van der Waals surface area contributed by atoms with Crippen molar-refractivity contribution in [1.82, 2.24) is 4.98 Å². The van der Waals surface area contributed by atoms with Gasteiger partial charge in [-0.05, 0) is 30.5 Å². The Labute approximate surface area is 110 Å². The summed E-state index contributed by atoms with van der Waals surface area (Å²) in [6.07, 6.45) is 2.10. The molecule has 86 valence electrons. The van der Waals surface area contributed by atoms with E-state index in [1.807, 2.05) is 18.2 Å². The molecular formula is C11H13ClNPS2. The molecule has 16 heavy (non-hydrogen) atoms. The number of halogens is 1. The number of aromatic nitrogens is 1. The molecule has 0 spiro atoms. The molecule has 1 aromatic heterocycles. The van der Waals surface area contributed by atoms with E-state index in [0.717, 1.165) is 27.6 Å². The molecule has 1 aromatic carbocycles. The highest BCUT2D eigenvalue weighted by atomic mass is 35.5. The lowest BCUT2D eigenvalue weighted by Gasteiger charge is -2.13. The van der Waals surface area contributed by atoms with Gasteiger partial charge in [0.25, 0.3) is 0 Å². The average molecular weight is 290 g/mol. The van der Waals surface area contributed by atoms with Crippen molar-refractivity contribution in [1.29, 1.82) is 0 Å². The summed E-state index contributed by atoms with van der Waals surface area (Å²) in [4.78, 5) is 4.67. The van der Waals surface area contributed by atoms with Crippen molar-refractivity contribution in [3.05, 3.63) is 23.2 Å². The van der Waals surface area contributed by atoms with Crippen LogP contribution in [-0.2, 0) is 11.8 Å². The highest BCUT2D eigenvalue weighted by molar-refractivity contribution is 8.19. The molecule has 0 bridgehead atoms. The Morgan fingerprint density at radius 3 is 2.69 bits per heavy atom. The summed E-state index contributed by atoms with van der Waals surface area (Å²) >= 11 is 13.5. The minimum Gasteiger partial charge on any atom is -0.235 e. The van der Waals surface area contributed by atoms with Gasteiger partial charge in [-0.15, -0.1) is 11.3 Å². The quantitative estimate of drug-likeness (QED) is 0.789. The summed E-state index contributed by atoms with van der Waals surface area (Å²) in [7, 11) is 0. The molecule has 1 nitrogen and oxygen atoms in total. The van der Waals surface area contributed by atoms with Crippen molar-refractivity contribution in [2.75, 3.05) is 12.3 Å². The van der Waals surface area contributed by atoms with Crippen LogP contribution < -0.4 is 4.75 Å². The summed E-state index contributed by atoms with van der Waals surface area (Å²) in [6, 6.07) is 4.44. The Morgan fingerprint density at radius 2 is 2.06 bits per heavy atom. The number of rotatable bonds is 3. The molecule has 2 aromatic rings.